The minimum absolute atomic E-state index is 0.0137. The van der Waals surface area contributed by atoms with E-state index in [9.17, 15) is 14.4 Å². The van der Waals surface area contributed by atoms with Gasteiger partial charge in [0.15, 0.2) is 0 Å². The van der Waals surface area contributed by atoms with Crippen molar-refractivity contribution in [2.24, 2.45) is 5.92 Å². The van der Waals surface area contributed by atoms with E-state index in [-0.39, 0.29) is 30.2 Å². The predicted octanol–water partition coefficient (Wildman–Crippen LogP) is 1.58. The third kappa shape index (κ3) is 3.89. The third-order valence-electron chi connectivity index (χ3n) is 5.17. The first kappa shape index (κ1) is 18.4. The minimum Gasteiger partial charge on any atom is -0.340 e. The predicted molar refractivity (Wildman–Crippen MR) is 98.6 cm³/mol. The quantitative estimate of drug-likeness (QED) is 0.870. The van der Waals surface area contributed by atoms with E-state index in [1.54, 1.807) is 11.0 Å². The number of nitrogens with zero attached hydrogens (tertiary/aromatic N) is 2. The van der Waals surface area contributed by atoms with Gasteiger partial charge in [0.25, 0.3) is 5.91 Å². The van der Waals surface area contributed by atoms with E-state index in [1.165, 1.54) is 0 Å². The summed E-state index contributed by atoms with van der Waals surface area (Å²) in [6.45, 7) is 6.91. The molecule has 6 heteroatoms. The van der Waals surface area contributed by atoms with Crippen LogP contribution in [-0.4, -0.2) is 59.2 Å². The summed E-state index contributed by atoms with van der Waals surface area (Å²) in [7, 11) is 0. The van der Waals surface area contributed by atoms with Gasteiger partial charge in [0, 0.05) is 24.7 Å². The molecule has 2 fully saturated rings. The molecule has 2 aliphatic rings. The number of amides is 3. The van der Waals surface area contributed by atoms with Crippen LogP contribution in [0, 0.1) is 12.8 Å². The van der Waals surface area contributed by atoms with E-state index in [1.807, 2.05) is 43.9 Å². The Hall–Kier alpha value is -2.37. The normalized spacial score (nSPS) is 18.8. The van der Waals surface area contributed by atoms with Crippen molar-refractivity contribution in [3.8, 4) is 0 Å². The number of hydrogen-bond donors (Lipinski definition) is 1. The summed E-state index contributed by atoms with van der Waals surface area (Å²) in [5.41, 5.74) is 1.44. The molecule has 1 aromatic rings. The van der Waals surface area contributed by atoms with Crippen LogP contribution in [0.5, 0.6) is 0 Å². The summed E-state index contributed by atoms with van der Waals surface area (Å²) < 4.78 is 0. The summed E-state index contributed by atoms with van der Waals surface area (Å²) >= 11 is 0. The molecule has 0 aromatic heterocycles. The van der Waals surface area contributed by atoms with Gasteiger partial charge in [0.05, 0.1) is 6.54 Å². The topological polar surface area (TPSA) is 69.7 Å². The SMILES string of the molecule is Cc1ccccc1C(=O)N[C@H](C(=O)N1CCN(C2CC2)C(=O)C1)C(C)C. The number of benzene rings is 1. The van der Waals surface area contributed by atoms with Gasteiger partial charge in [-0.05, 0) is 37.3 Å². The van der Waals surface area contributed by atoms with Crippen LogP contribution in [0.3, 0.4) is 0 Å². The molecule has 0 unspecified atom stereocenters. The first-order chi connectivity index (χ1) is 12.4. The molecule has 6 nitrogen and oxygen atoms in total. The number of aryl methyl sites for hydroxylation is 1. The maximum absolute atomic E-state index is 13.0. The fraction of sp³-hybridized carbons (Fsp3) is 0.550. The highest BCUT2D eigenvalue weighted by atomic mass is 16.2. The number of hydrogen-bond acceptors (Lipinski definition) is 3. The van der Waals surface area contributed by atoms with Crippen molar-refractivity contribution in [2.45, 2.75) is 45.7 Å². The van der Waals surface area contributed by atoms with Crippen LogP contribution in [0.2, 0.25) is 0 Å². The monoisotopic (exact) mass is 357 g/mol. The summed E-state index contributed by atoms with van der Waals surface area (Å²) in [6, 6.07) is 7.05. The van der Waals surface area contributed by atoms with Crippen molar-refractivity contribution in [1.82, 2.24) is 15.1 Å². The lowest BCUT2D eigenvalue weighted by Gasteiger charge is -2.37. The average Bonchev–Trinajstić information content (AvgIpc) is 3.43. The van der Waals surface area contributed by atoms with Gasteiger partial charge >= 0.3 is 0 Å². The third-order valence-corrected chi connectivity index (χ3v) is 5.17. The molecule has 0 radical (unpaired) electrons. The highest BCUT2D eigenvalue weighted by Gasteiger charge is 2.38. The van der Waals surface area contributed by atoms with Crippen LogP contribution in [0.25, 0.3) is 0 Å². The van der Waals surface area contributed by atoms with Crippen molar-refractivity contribution in [2.75, 3.05) is 19.6 Å². The molecular formula is C20H27N3O3. The summed E-state index contributed by atoms with van der Waals surface area (Å²) in [6.07, 6.45) is 2.14. The van der Waals surface area contributed by atoms with Crippen molar-refractivity contribution in [3.05, 3.63) is 35.4 Å². The Morgan fingerprint density at radius 2 is 1.85 bits per heavy atom. The van der Waals surface area contributed by atoms with Gasteiger partial charge in [-0.25, -0.2) is 0 Å². The molecule has 0 spiro atoms. The Labute approximate surface area is 154 Å². The van der Waals surface area contributed by atoms with Gasteiger partial charge in [-0.3, -0.25) is 14.4 Å². The zero-order valence-electron chi connectivity index (χ0n) is 15.7. The lowest BCUT2D eigenvalue weighted by molar-refractivity contribution is -0.147. The molecule has 1 aliphatic heterocycles. The second-order valence-electron chi connectivity index (χ2n) is 7.59. The molecular weight excluding hydrogens is 330 g/mol. The van der Waals surface area contributed by atoms with E-state index < -0.39 is 6.04 Å². The Kier molecular flexibility index (Phi) is 5.30. The Morgan fingerprint density at radius 3 is 2.42 bits per heavy atom. The number of piperazine rings is 1. The van der Waals surface area contributed by atoms with Gasteiger partial charge < -0.3 is 15.1 Å². The maximum Gasteiger partial charge on any atom is 0.252 e. The fourth-order valence-corrected chi connectivity index (χ4v) is 3.40. The molecule has 3 amide bonds. The van der Waals surface area contributed by atoms with E-state index in [0.29, 0.717) is 24.7 Å². The molecule has 1 aromatic carbocycles. The van der Waals surface area contributed by atoms with Crippen LogP contribution >= 0.6 is 0 Å². The molecule has 140 valence electrons. The maximum atomic E-state index is 13.0. The van der Waals surface area contributed by atoms with Gasteiger partial charge in [-0.1, -0.05) is 32.0 Å². The Bertz CT molecular complexity index is 712. The average molecular weight is 357 g/mol. The largest absolute Gasteiger partial charge is 0.340 e. The van der Waals surface area contributed by atoms with E-state index >= 15 is 0 Å². The first-order valence-electron chi connectivity index (χ1n) is 9.33. The van der Waals surface area contributed by atoms with Crippen molar-refractivity contribution in [3.63, 3.8) is 0 Å². The second-order valence-corrected chi connectivity index (χ2v) is 7.59. The lowest BCUT2D eigenvalue weighted by atomic mass is 10.0. The van der Waals surface area contributed by atoms with Crippen molar-refractivity contribution in [1.29, 1.82) is 0 Å². The highest BCUT2D eigenvalue weighted by Crippen LogP contribution is 2.28. The zero-order chi connectivity index (χ0) is 18.8. The Morgan fingerprint density at radius 1 is 1.15 bits per heavy atom. The molecule has 1 saturated carbocycles. The molecule has 1 N–H and O–H groups in total. The number of rotatable bonds is 5. The van der Waals surface area contributed by atoms with Gasteiger partial charge in [-0.2, -0.15) is 0 Å². The molecule has 1 atom stereocenters. The van der Waals surface area contributed by atoms with E-state index in [2.05, 4.69) is 5.32 Å². The lowest BCUT2D eigenvalue weighted by Crippen LogP contribution is -2.58. The number of nitrogens with one attached hydrogen (secondary N) is 1. The van der Waals surface area contributed by atoms with Crippen LogP contribution in [0.15, 0.2) is 24.3 Å². The van der Waals surface area contributed by atoms with Crippen LogP contribution in [0.4, 0.5) is 0 Å². The number of carbonyl (C=O) groups is 3. The van der Waals surface area contributed by atoms with Crippen LogP contribution < -0.4 is 5.32 Å². The molecule has 0 bridgehead atoms. The molecule has 1 saturated heterocycles. The van der Waals surface area contributed by atoms with E-state index in [4.69, 9.17) is 0 Å². The van der Waals surface area contributed by atoms with Crippen molar-refractivity contribution >= 4 is 17.7 Å². The second kappa shape index (κ2) is 7.48. The molecule has 1 heterocycles. The zero-order valence-corrected chi connectivity index (χ0v) is 15.7. The number of carbonyl (C=O) groups excluding carboxylic acids is 3. The van der Waals surface area contributed by atoms with Crippen molar-refractivity contribution < 1.29 is 14.4 Å². The molecule has 26 heavy (non-hydrogen) atoms. The summed E-state index contributed by atoms with van der Waals surface area (Å²) in [5, 5.41) is 2.88. The van der Waals surface area contributed by atoms with Crippen LogP contribution in [0.1, 0.15) is 42.6 Å². The molecule has 1 aliphatic carbocycles. The van der Waals surface area contributed by atoms with Gasteiger partial charge in [-0.15, -0.1) is 0 Å². The standard InChI is InChI=1S/C20H27N3O3/c1-13(2)18(21-19(25)16-7-5-4-6-14(16)3)20(26)22-10-11-23(15-8-9-15)17(24)12-22/h4-7,13,15,18H,8-12H2,1-3H3,(H,21,25)/t18-/m0/s1. The first-order valence-corrected chi connectivity index (χ1v) is 9.33. The minimum atomic E-state index is -0.637. The summed E-state index contributed by atoms with van der Waals surface area (Å²) in [4.78, 5) is 41.4. The highest BCUT2D eigenvalue weighted by molar-refractivity contribution is 5.99. The molecule has 3 rings (SSSR count). The van der Waals surface area contributed by atoms with E-state index in [0.717, 1.165) is 18.4 Å². The smallest absolute Gasteiger partial charge is 0.252 e. The van der Waals surface area contributed by atoms with Gasteiger partial charge in [0.2, 0.25) is 11.8 Å². The Balaban J connectivity index is 1.67. The summed E-state index contributed by atoms with van der Waals surface area (Å²) in [5.74, 6) is -0.476. The fourth-order valence-electron chi connectivity index (χ4n) is 3.40. The van der Waals surface area contributed by atoms with Gasteiger partial charge in [0.1, 0.15) is 6.04 Å². The van der Waals surface area contributed by atoms with Crippen LogP contribution in [-0.2, 0) is 9.59 Å².